The van der Waals surface area contributed by atoms with E-state index in [2.05, 4.69) is 10.4 Å². The molecule has 102 valence electrons. The van der Waals surface area contributed by atoms with E-state index >= 15 is 0 Å². The standard InChI is InChI=1S/C11H16F3N3O/c1-3-5-15-10(18)4-6-17-8(2)7-9(16-17)11(12,13)14/h7H,3-6H2,1-2H3,(H,15,18). The number of amides is 1. The fourth-order valence-corrected chi connectivity index (χ4v) is 1.44. The van der Waals surface area contributed by atoms with Crippen LogP contribution in [0.25, 0.3) is 0 Å². The van der Waals surface area contributed by atoms with Crippen LogP contribution in [0.1, 0.15) is 31.2 Å². The Morgan fingerprint density at radius 2 is 2.17 bits per heavy atom. The monoisotopic (exact) mass is 263 g/mol. The van der Waals surface area contributed by atoms with Gasteiger partial charge >= 0.3 is 6.18 Å². The molecule has 18 heavy (non-hydrogen) atoms. The van der Waals surface area contributed by atoms with E-state index in [1.54, 1.807) is 0 Å². The van der Waals surface area contributed by atoms with Gasteiger partial charge in [0, 0.05) is 25.2 Å². The maximum absolute atomic E-state index is 12.4. The van der Waals surface area contributed by atoms with E-state index in [1.165, 1.54) is 11.6 Å². The zero-order valence-corrected chi connectivity index (χ0v) is 10.3. The number of hydrogen-bond donors (Lipinski definition) is 1. The lowest BCUT2D eigenvalue weighted by Crippen LogP contribution is -2.25. The largest absolute Gasteiger partial charge is 0.435 e. The van der Waals surface area contributed by atoms with Gasteiger partial charge in [-0.1, -0.05) is 6.92 Å². The topological polar surface area (TPSA) is 46.9 Å². The Balaban J connectivity index is 2.58. The maximum Gasteiger partial charge on any atom is 0.435 e. The number of carbonyl (C=O) groups is 1. The Kier molecular flexibility index (Phi) is 4.75. The maximum atomic E-state index is 12.4. The van der Waals surface area contributed by atoms with Gasteiger partial charge in [-0.3, -0.25) is 9.48 Å². The van der Waals surface area contributed by atoms with Crippen molar-refractivity contribution in [2.45, 2.75) is 39.4 Å². The molecule has 1 N–H and O–H groups in total. The third-order valence-corrected chi connectivity index (χ3v) is 2.39. The summed E-state index contributed by atoms with van der Waals surface area (Å²) >= 11 is 0. The highest BCUT2D eigenvalue weighted by atomic mass is 19.4. The molecule has 1 aromatic rings. The zero-order valence-electron chi connectivity index (χ0n) is 10.3. The van der Waals surface area contributed by atoms with Gasteiger partial charge in [0.15, 0.2) is 5.69 Å². The van der Waals surface area contributed by atoms with Crippen LogP contribution in [0.15, 0.2) is 6.07 Å². The second kappa shape index (κ2) is 5.88. The molecule has 1 rings (SSSR count). The van der Waals surface area contributed by atoms with Crippen LogP contribution in [0.5, 0.6) is 0 Å². The molecule has 0 fully saturated rings. The number of rotatable bonds is 5. The molecule has 0 unspecified atom stereocenters. The van der Waals surface area contributed by atoms with Gasteiger partial charge in [-0.15, -0.1) is 0 Å². The number of aromatic nitrogens is 2. The first-order valence-electron chi connectivity index (χ1n) is 5.73. The van der Waals surface area contributed by atoms with Gasteiger partial charge in [0.1, 0.15) is 0 Å². The second-order valence-corrected chi connectivity index (χ2v) is 3.99. The molecular weight excluding hydrogens is 247 g/mol. The predicted octanol–water partition coefficient (Wildman–Crippen LogP) is 2.13. The van der Waals surface area contributed by atoms with Crippen LogP contribution < -0.4 is 5.32 Å². The quantitative estimate of drug-likeness (QED) is 0.884. The highest BCUT2D eigenvalue weighted by Gasteiger charge is 2.34. The van der Waals surface area contributed by atoms with Gasteiger partial charge in [0.25, 0.3) is 0 Å². The van der Waals surface area contributed by atoms with E-state index in [-0.39, 0.29) is 18.9 Å². The van der Waals surface area contributed by atoms with Gasteiger partial charge in [0.2, 0.25) is 5.91 Å². The molecule has 1 aromatic heterocycles. The summed E-state index contributed by atoms with van der Waals surface area (Å²) in [4.78, 5) is 11.3. The zero-order chi connectivity index (χ0) is 13.8. The Morgan fingerprint density at radius 3 is 2.67 bits per heavy atom. The first kappa shape index (κ1) is 14.5. The van der Waals surface area contributed by atoms with E-state index in [0.29, 0.717) is 12.2 Å². The third-order valence-electron chi connectivity index (χ3n) is 2.39. The Bertz CT molecular complexity index is 412. The van der Waals surface area contributed by atoms with E-state index in [4.69, 9.17) is 0 Å². The van der Waals surface area contributed by atoms with Crippen LogP contribution >= 0.6 is 0 Å². The van der Waals surface area contributed by atoms with Gasteiger partial charge in [-0.05, 0) is 19.4 Å². The van der Waals surface area contributed by atoms with E-state index in [0.717, 1.165) is 12.5 Å². The van der Waals surface area contributed by atoms with Crippen molar-refractivity contribution >= 4 is 5.91 Å². The minimum Gasteiger partial charge on any atom is -0.356 e. The number of hydrogen-bond acceptors (Lipinski definition) is 2. The van der Waals surface area contributed by atoms with Crippen LogP contribution in [0.2, 0.25) is 0 Å². The van der Waals surface area contributed by atoms with Crippen molar-refractivity contribution in [3.8, 4) is 0 Å². The molecule has 7 heteroatoms. The number of halogens is 3. The second-order valence-electron chi connectivity index (χ2n) is 3.99. The summed E-state index contributed by atoms with van der Waals surface area (Å²) in [5, 5.41) is 6.10. The van der Waals surface area contributed by atoms with Crippen molar-refractivity contribution in [2.24, 2.45) is 0 Å². The Morgan fingerprint density at radius 1 is 1.50 bits per heavy atom. The first-order chi connectivity index (χ1) is 8.34. The van der Waals surface area contributed by atoms with Gasteiger partial charge < -0.3 is 5.32 Å². The van der Waals surface area contributed by atoms with Crippen LogP contribution in [0, 0.1) is 6.92 Å². The van der Waals surface area contributed by atoms with Crippen molar-refractivity contribution in [1.29, 1.82) is 0 Å². The average molecular weight is 263 g/mol. The summed E-state index contributed by atoms with van der Waals surface area (Å²) in [5.41, 5.74) is -0.528. The Hall–Kier alpha value is -1.53. The van der Waals surface area contributed by atoms with Crippen molar-refractivity contribution in [2.75, 3.05) is 6.54 Å². The van der Waals surface area contributed by atoms with E-state index < -0.39 is 11.9 Å². The Labute approximate surface area is 103 Å². The molecule has 0 aliphatic heterocycles. The molecule has 0 saturated carbocycles. The summed E-state index contributed by atoms with van der Waals surface area (Å²) in [6, 6.07) is 0.976. The molecule has 0 saturated heterocycles. The minimum atomic E-state index is -4.44. The highest BCUT2D eigenvalue weighted by molar-refractivity contribution is 5.75. The summed E-state index contributed by atoms with van der Waals surface area (Å²) in [6.07, 6.45) is -3.49. The predicted molar refractivity (Wildman–Crippen MR) is 59.9 cm³/mol. The minimum absolute atomic E-state index is 0.125. The van der Waals surface area contributed by atoms with Crippen LogP contribution in [-0.2, 0) is 17.5 Å². The molecule has 0 aromatic carbocycles. The summed E-state index contributed by atoms with van der Waals surface area (Å²) in [6.45, 7) is 4.18. The molecule has 1 heterocycles. The number of alkyl halides is 3. The van der Waals surface area contributed by atoms with Crippen molar-refractivity contribution in [3.05, 3.63) is 17.5 Å². The normalized spacial score (nSPS) is 11.6. The average Bonchev–Trinajstić information content (AvgIpc) is 2.65. The van der Waals surface area contributed by atoms with Crippen molar-refractivity contribution in [1.82, 2.24) is 15.1 Å². The summed E-state index contributed by atoms with van der Waals surface area (Å²) < 4.78 is 38.4. The summed E-state index contributed by atoms with van der Waals surface area (Å²) in [5.74, 6) is -0.180. The lowest BCUT2D eigenvalue weighted by atomic mass is 10.3. The lowest BCUT2D eigenvalue weighted by Gasteiger charge is -2.05. The van der Waals surface area contributed by atoms with Gasteiger partial charge in [-0.25, -0.2) is 0 Å². The SMILES string of the molecule is CCCNC(=O)CCn1nc(C(F)(F)F)cc1C. The number of carbonyl (C=O) groups excluding carboxylic acids is 1. The number of nitrogens with one attached hydrogen (secondary N) is 1. The molecule has 4 nitrogen and oxygen atoms in total. The molecule has 0 bridgehead atoms. The smallest absolute Gasteiger partial charge is 0.356 e. The first-order valence-corrected chi connectivity index (χ1v) is 5.73. The molecule has 0 aliphatic rings. The molecule has 0 radical (unpaired) electrons. The highest BCUT2D eigenvalue weighted by Crippen LogP contribution is 2.28. The van der Waals surface area contributed by atoms with Gasteiger partial charge in [-0.2, -0.15) is 18.3 Å². The van der Waals surface area contributed by atoms with Gasteiger partial charge in [0.05, 0.1) is 0 Å². The molecule has 0 atom stereocenters. The molecule has 0 spiro atoms. The fourth-order valence-electron chi connectivity index (χ4n) is 1.44. The molecule has 0 aliphatic carbocycles. The third kappa shape index (κ3) is 4.05. The van der Waals surface area contributed by atoms with E-state index in [1.807, 2.05) is 6.92 Å². The van der Waals surface area contributed by atoms with Crippen LogP contribution in [-0.4, -0.2) is 22.2 Å². The lowest BCUT2D eigenvalue weighted by molar-refractivity contribution is -0.141. The molecular formula is C11H16F3N3O. The van der Waals surface area contributed by atoms with Crippen LogP contribution in [0.4, 0.5) is 13.2 Å². The summed E-state index contributed by atoms with van der Waals surface area (Å²) in [7, 11) is 0. The van der Waals surface area contributed by atoms with Crippen molar-refractivity contribution in [3.63, 3.8) is 0 Å². The number of aryl methyl sites for hydroxylation is 2. The molecule has 1 amide bonds. The van der Waals surface area contributed by atoms with Crippen molar-refractivity contribution < 1.29 is 18.0 Å². The van der Waals surface area contributed by atoms with Crippen LogP contribution in [0.3, 0.4) is 0 Å². The number of nitrogens with zero attached hydrogens (tertiary/aromatic N) is 2. The fraction of sp³-hybridized carbons (Fsp3) is 0.636. The van der Waals surface area contributed by atoms with E-state index in [9.17, 15) is 18.0 Å².